The molecule has 0 aliphatic carbocycles. The fourth-order valence-electron chi connectivity index (χ4n) is 2.91. The standard InChI is InChI=1S/C22H18N4O3S/c27-18-12-6-4-10-16(18)21-24-25-22(26(21)15-8-2-1-3-9-15)30-14-20(29)23-17-11-5-7-13-19(17)28/h1-13,27-28H,14H2,(H,23,29). The quantitative estimate of drug-likeness (QED) is 0.322. The van der Waals surface area contributed by atoms with Crippen molar-refractivity contribution < 1.29 is 15.0 Å². The first-order chi connectivity index (χ1) is 14.6. The van der Waals surface area contributed by atoms with Crippen LogP contribution in [0.5, 0.6) is 11.5 Å². The Bertz CT molecular complexity index is 1180. The number of phenolic OH excluding ortho intramolecular Hbond substituents is 2. The summed E-state index contributed by atoms with van der Waals surface area (Å²) in [5.41, 5.74) is 1.70. The molecule has 0 aliphatic heterocycles. The fraction of sp³-hybridized carbons (Fsp3) is 0.0455. The van der Waals surface area contributed by atoms with E-state index in [1.54, 1.807) is 41.0 Å². The molecule has 0 radical (unpaired) electrons. The maximum Gasteiger partial charge on any atom is 0.234 e. The third-order valence-electron chi connectivity index (χ3n) is 4.30. The largest absolute Gasteiger partial charge is 0.507 e. The highest BCUT2D eigenvalue weighted by Gasteiger charge is 2.19. The average Bonchev–Trinajstić information content (AvgIpc) is 3.18. The van der Waals surface area contributed by atoms with Gasteiger partial charge in [0, 0.05) is 5.69 Å². The molecule has 150 valence electrons. The van der Waals surface area contributed by atoms with Gasteiger partial charge in [-0.15, -0.1) is 10.2 Å². The summed E-state index contributed by atoms with van der Waals surface area (Å²) in [7, 11) is 0. The molecule has 1 heterocycles. The molecule has 4 rings (SSSR count). The zero-order chi connectivity index (χ0) is 20.9. The summed E-state index contributed by atoms with van der Waals surface area (Å²) in [5, 5.41) is 31.8. The van der Waals surface area contributed by atoms with Crippen molar-refractivity contribution in [2.24, 2.45) is 0 Å². The minimum atomic E-state index is -0.284. The van der Waals surface area contributed by atoms with Crippen molar-refractivity contribution in [3.63, 3.8) is 0 Å². The van der Waals surface area contributed by atoms with E-state index in [4.69, 9.17) is 0 Å². The van der Waals surface area contributed by atoms with Crippen molar-refractivity contribution >= 4 is 23.4 Å². The Morgan fingerprint density at radius 2 is 1.53 bits per heavy atom. The van der Waals surface area contributed by atoms with Crippen LogP contribution in [0.15, 0.2) is 84.0 Å². The van der Waals surface area contributed by atoms with Crippen LogP contribution in [0.25, 0.3) is 17.1 Å². The number of aromatic nitrogens is 3. The van der Waals surface area contributed by atoms with Gasteiger partial charge < -0.3 is 15.5 Å². The van der Waals surface area contributed by atoms with E-state index in [1.165, 1.54) is 17.8 Å². The molecule has 30 heavy (non-hydrogen) atoms. The maximum absolute atomic E-state index is 12.4. The molecule has 8 heteroatoms. The summed E-state index contributed by atoms with van der Waals surface area (Å²) in [4.78, 5) is 12.4. The molecule has 0 saturated carbocycles. The normalized spacial score (nSPS) is 10.7. The number of thioether (sulfide) groups is 1. The molecule has 1 aromatic heterocycles. The lowest BCUT2D eigenvalue weighted by Crippen LogP contribution is -2.14. The number of carbonyl (C=O) groups excluding carboxylic acids is 1. The zero-order valence-corrected chi connectivity index (χ0v) is 16.6. The van der Waals surface area contributed by atoms with Gasteiger partial charge in [-0.1, -0.05) is 54.2 Å². The molecule has 0 atom stereocenters. The number of phenols is 2. The molecule has 0 spiro atoms. The van der Waals surface area contributed by atoms with Crippen LogP contribution in [0.2, 0.25) is 0 Å². The number of amides is 1. The van der Waals surface area contributed by atoms with Crippen molar-refractivity contribution in [1.29, 1.82) is 0 Å². The third-order valence-corrected chi connectivity index (χ3v) is 5.23. The Hall–Kier alpha value is -3.78. The smallest absolute Gasteiger partial charge is 0.234 e. The SMILES string of the molecule is O=C(CSc1nnc(-c2ccccc2O)n1-c1ccccc1)Nc1ccccc1O. The van der Waals surface area contributed by atoms with E-state index in [2.05, 4.69) is 15.5 Å². The first-order valence-electron chi connectivity index (χ1n) is 9.13. The molecule has 0 saturated heterocycles. The minimum absolute atomic E-state index is 0.00476. The van der Waals surface area contributed by atoms with E-state index in [0.717, 1.165) is 5.69 Å². The van der Waals surface area contributed by atoms with Crippen LogP contribution in [0.1, 0.15) is 0 Å². The number of nitrogens with one attached hydrogen (secondary N) is 1. The van der Waals surface area contributed by atoms with E-state index >= 15 is 0 Å². The van der Waals surface area contributed by atoms with Crippen molar-refractivity contribution in [3.8, 4) is 28.6 Å². The van der Waals surface area contributed by atoms with Crippen molar-refractivity contribution in [3.05, 3.63) is 78.9 Å². The van der Waals surface area contributed by atoms with E-state index in [1.807, 2.05) is 36.4 Å². The van der Waals surface area contributed by atoms with Crippen molar-refractivity contribution in [2.75, 3.05) is 11.1 Å². The van der Waals surface area contributed by atoms with Crippen molar-refractivity contribution in [2.45, 2.75) is 5.16 Å². The highest BCUT2D eigenvalue weighted by Crippen LogP contribution is 2.32. The van der Waals surface area contributed by atoms with Gasteiger partial charge in [-0.25, -0.2) is 0 Å². The molecule has 0 fully saturated rings. The van der Waals surface area contributed by atoms with Gasteiger partial charge >= 0.3 is 0 Å². The number of hydrogen-bond acceptors (Lipinski definition) is 6. The lowest BCUT2D eigenvalue weighted by Gasteiger charge is -2.11. The van der Waals surface area contributed by atoms with Crippen LogP contribution < -0.4 is 5.32 Å². The van der Waals surface area contributed by atoms with Gasteiger partial charge in [0.25, 0.3) is 0 Å². The van der Waals surface area contributed by atoms with Crippen LogP contribution >= 0.6 is 11.8 Å². The number of anilines is 1. The van der Waals surface area contributed by atoms with Crippen molar-refractivity contribution in [1.82, 2.24) is 14.8 Å². The van der Waals surface area contributed by atoms with E-state index < -0.39 is 0 Å². The monoisotopic (exact) mass is 418 g/mol. The fourth-order valence-corrected chi connectivity index (χ4v) is 3.66. The Morgan fingerprint density at radius 3 is 2.27 bits per heavy atom. The van der Waals surface area contributed by atoms with Gasteiger partial charge in [-0.05, 0) is 36.4 Å². The highest BCUT2D eigenvalue weighted by molar-refractivity contribution is 7.99. The van der Waals surface area contributed by atoms with Gasteiger partial charge in [0.2, 0.25) is 5.91 Å². The van der Waals surface area contributed by atoms with Crippen LogP contribution in [0, 0.1) is 0 Å². The number of aromatic hydroxyl groups is 2. The number of para-hydroxylation sites is 4. The molecule has 3 aromatic carbocycles. The molecule has 7 nitrogen and oxygen atoms in total. The Kier molecular flexibility index (Phi) is 5.67. The Morgan fingerprint density at radius 1 is 0.867 bits per heavy atom. The van der Waals surface area contributed by atoms with Gasteiger partial charge in [0.1, 0.15) is 11.5 Å². The topological polar surface area (TPSA) is 100 Å². The van der Waals surface area contributed by atoms with E-state index in [0.29, 0.717) is 22.2 Å². The number of carbonyl (C=O) groups is 1. The lowest BCUT2D eigenvalue weighted by molar-refractivity contribution is -0.113. The average molecular weight is 418 g/mol. The molecule has 1 amide bonds. The van der Waals surface area contributed by atoms with Crippen LogP contribution in [0.4, 0.5) is 5.69 Å². The molecular weight excluding hydrogens is 400 g/mol. The number of nitrogens with zero attached hydrogens (tertiary/aromatic N) is 3. The first-order valence-corrected chi connectivity index (χ1v) is 10.1. The summed E-state index contributed by atoms with van der Waals surface area (Å²) >= 11 is 1.21. The third kappa shape index (κ3) is 4.13. The predicted molar refractivity (Wildman–Crippen MR) is 116 cm³/mol. The highest BCUT2D eigenvalue weighted by atomic mass is 32.2. The van der Waals surface area contributed by atoms with Crippen LogP contribution in [-0.4, -0.2) is 36.6 Å². The van der Waals surface area contributed by atoms with Crippen LogP contribution in [0.3, 0.4) is 0 Å². The first kappa shape index (κ1) is 19.5. The summed E-state index contributed by atoms with van der Waals surface area (Å²) in [6, 6.07) is 22.9. The Balaban J connectivity index is 1.61. The molecule has 4 aromatic rings. The summed E-state index contributed by atoms with van der Waals surface area (Å²) < 4.78 is 1.80. The Labute approximate surface area is 177 Å². The second kappa shape index (κ2) is 8.71. The second-order valence-corrected chi connectivity index (χ2v) is 7.29. The number of hydrogen-bond donors (Lipinski definition) is 3. The summed E-state index contributed by atoms with van der Waals surface area (Å²) in [5.74, 6) is 0.359. The lowest BCUT2D eigenvalue weighted by atomic mass is 10.2. The summed E-state index contributed by atoms with van der Waals surface area (Å²) in [6.45, 7) is 0. The number of benzene rings is 3. The van der Waals surface area contributed by atoms with Gasteiger partial charge in [-0.3, -0.25) is 9.36 Å². The zero-order valence-electron chi connectivity index (χ0n) is 15.8. The molecular formula is C22H18N4O3S. The maximum atomic E-state index is 12.4. The van der Waals surface area contributed by atoms with E-state index in [9.17, 15) is 15.0 Å². The molecule has 3 N–H and O–H groups in total. The van der Waals surface area contributed by atoms with Gasteiger partial charge in [-0.2, -0.15) is 0 Å². The minimum Gasteiger partial charge on any atom is -0.507 e. The molecule has 0 unspecified atom stereocenters. The predicted octanol–water partition coefficient (Wildman–Crippen LogP) is 4.08. The van der Waals surface area contributed by atoms with Gasteiger partial charge in [0.15, 0.2) is 11.0 Å². The van der Waals surface area contributed by atoms with Gasteiger partial charge in [0.05, 0.1) is 17.0 Å². The number of rotatable bonds is 6. The second-order valence-electron chi connectivity index (χ2n) is 6.35. The van der Waals surface area contributed by atoms with Crippen LogP contribution in [-0.2, 0) is 4.79 Å². The molecule has 0 bridgehead atoms. The van der Waals surface area contributed by atoms with E-state index in [-0.39, 0.29) is 23.2 Å². The molecule has 0 aliphatic rings. The summed E-state index contributed by atoms with van der Waals surface area (Å²) in [6.07, 6.45) is 0.